The van der Waals surface area contributed by atoms with Crippen LogP contribution in [0, 0.1) is 6.92 Å². The van der Waals surface area contributed by atoms with E-state index in [0.717, 1.165) is 37.3 Å². The van der Waals surface area contributed by atoms with Crippen LogP contribution in [0.15, 0.2) is 52.3 Å². The lowest BCUT2D eigenvalue weighted by Crippen LogP contribution is -2.45. The number of piperazine rings is 1. The Balaban J connectivity index is 1.57. The number of likely N-dealkylation sites (N-methyl/N-ethyl adjacent to an activating group) is 1. The van der Waals surface area contributed by atoms with Gasteiger partial charge < -0.3 is 9.80 Å². The third kappa shape index (κ3) is 4.73. The Morgan fingerprint density at radius 2 is 1.86 bits per heavy atom. The summed E-state index contributed by atoms with van der Waals surface area (Å²) in [4.78, 5) is 38.2. The second-order valence-electron chi connectivity index (χ2n) is 8.74. The van der Waals surface area contributed by atoms with Gasteiger partial charge in [0.25, 0.3) is 11.5 Å². The molecule has 0 bridgehead atoms. The molecule has 0 saturated carbocycles. The minimum Gasteiger partial charge on any atom is -0.353 e. The second kappa shape index (κ2) is 9.73. The standard InChI is InChI=1S/C25H24ClN5O2S2/c1-16-7-8-21-27-22(29-11-9-28(2)10-12-29)18(23(32)30(21)14-16)13-20-24(33)31(25(34)35-20)15-17-5-3-4-6-19(17)26/h3-8,13-14H,9-12,15H2,1-2H3. The number of aryl methyl sites for hydroxylation is 1. The molecule has 1 amide bonds. The van der Waals surface area contributed by atoms with Gasteiger partial charge in [0.15, 0.2) is 0 Å². The van der Waals surface area contributed by atoms with Crippen LogP contribution in [0.5, 0.6) is 0 Å². The summed E-state index contributed by atoms with van der Waals surface area (Å²) < 4.78 is 1.98. The number of benzene rings is 1. The number of hydrogen-bond acceptors (Lipinski definition) is 7. The number of thiocarbonyl (C=S) groups is 1. The molecule has 180 valence electrons. The van der Waals surface area contributed by atoms with Gasteiger partial charge in [0.05, 0.1) is 17.0 Å². The van der Waals surface area contributed by atoms with Crippen LogP contribution in [-0.2, 0) is 11.3 Å². The van der Waals surface area contributed by atoms with Gasteiger partial charge in [-0.25, -0.2) is 4.98 Å². The molecule has 2 saturated heterocycles. The van der Waals surface area contributed by atoms with Gasteiger partial charge in [-0.3, -0.25) is 18.9 Å². The van der Waals surface area contributed by atoms with E-state index in [4.69, 9.17) is 28.8 Å². The van der Waals surface area contributed by atoms with Gasteiger partial charge in [-0.05, 0) is 43.3 Å². The number of hydrogen-bond donors (Lipinski definition) is 0. The Labute approximate surface area is 218 Å². The van der Waals surface area contributed by atoms with Crippen molar-refractivity contribution in [2.45, 2.75) is 13.5 Å². The van der Waals surface area contributed by atoms with Gasteiger partial charge in [0.1, 0.15) is 15.8 Å². The lowest BCUT2D eigenvalue weighted by molar-refractivity contribution is -0.122. The average molecular weight is 526 g/mol. The summed E-state index contributed by atoms with van der Waals surface area (Å²) in [6, 6.07) is 11.2. The van der Waals surface area contributed by atoms with Gasteiger partial charge in [-0.15, -0.1) is 0 Å². The van der Waals surface area contributed by atoms with Gasteiger partial charge in [0.2, 0.25) is 0 Å². The molecule has 10 heteroatoms. The third-order valence-corrected chi connectivity index (χ3v) is 7.97. The smallest absolute Gasteiger partial charge is 0.267 e. The number of anilines is 1. The van der Waals surface area contributed by atoms with Crippen LogP contribution in [0.2, 0.25) is 5.02 Å². The van der Waals surface area contributed by atoms with E-state index in [1.54, 1.807) is 22.7 Å². The van der Waals surface area contributed by atoms with Crippen molar-refractivity contribution in [2.75, 3.05) is 38.1 Å². The van der Waals surface area contributed by atoms with Gasteiger partial charge in [0, 0.05) is 37.4 Å². The molecule has 0 radical (unpaired) electrons. The number of halogens is 1. The van der Waals surface area contributed by atoms with Crippen molar-refractivity contribution in [3.63, 3.8) is 0 Å². The summed E-state index contributed by atoms with van der Waals surface area (Å²) in [6.07, 6.45) is 3.43. The van der Waals surface area contributed by atoms with Crippen molar-refractivity contribution in [1.82, 2.24) is 19.2 Å². The number of fused-ring (bicyclic) bond motifs is 1. The van der Waals surface area contributed by atoms with E-state index in [2.05, 4.69) is 16.8 Å². The molecule has 0 unspecified atom stereocenters. The SMILES string of the molecule is Cc1ccc2nc(N3CCN(C)CC3)c(C=C3SC(=S)N(Cc4ccccc4Cl)C3=O)c(=O)n2c1. The molecular formula is C25H24ClN5O2S2. The van der Waals surface area contributed by atoms with Gasteiger partial charge >= 0.3 is 0 Å². The first-order chi connectivity index (χ1) is 16.8. The van der Waals surface area contributed by atoms with Crippen LogP contribution in [0.3, 0.4) is 0 Å². The minimum atomic E-state index is -0.238. The number of pyridine rings is 1. The molecule has 0 atom stereocenters. The Bertz CT molecular complexity index is 1430. The summed E-state index contributed by atoms with van der Waals surface area (Å²) >= 11 is 13.0. The van der Waals surface area contributed by atoms with E-state index in [1.807, 2.05) is 37.3 Å². The van der Waals surface area contributed by atoms with Crippen molar-refractivity contribution in [3.05, 3.63) is 79.6 Å². The number of thioether (sulfide) groups is 1. The lowest BCUT2D eigenvalue weighted by Gasteiger charge is -2.34. The summed E-state index contributed by atoms with van der Waals surface area (Å²) in [5.41, 5.74) is 2.54. The van der Waals surface area contributed by atoms with E-state index in [9.17, 15) is 9.59 Å². The van der Waals surface area contributed by atoms with Crippen molar-refractivity contribution in [3.8, 4) is 0 Å². The van der Waals surface area contributed by atoms with E-state index < -0.39 is 0 Å². The van der Waals surface area contributed by atoms with Crippen molar-refractivity contribution in [1.29, 1.82) is 0 Å². The number of amides is 1. The fourth-order valence-corrected chi connectivity index (χ4v) is 5.63. The molecule has 5 rings (SSSR count). The maximum atomic E-state index is 13.7. The van der Waals surface area contributed by atoms with Crippen molar-refractivity contribution < 1.29 is 4.79 Å². The molecule has 7 nitrogen and oxygen atoms in total. The van der Waals surface area contributed by atoms with Crippen molar-refractivity contribution >= 4 is 63.3 Å². The zero-order valence-electron chi connectivity index (χ0n) is 19.4. The highest BCUT2D eigenvalue weighted by molar-refractivity contribution is 8.26. The fourth-order valence-electron chi connectivity index (χ4n) is 4.20. The summed E-state index contributed by atoms with van der Waals surface area (Å²) in [6.45, 7) is 5.45. The maximum absolute atomic E-state index is 13.7. The Hall–Kier alpha value is -2.72. The van der Waals surface area contributed by atoms with Crippen LogP contribution < -0.4 is 10.5 Å². The van der Waals surface area contributed by atoms with Crippen LogP contribution in [0.25, 0.3) is 11.7 Å². The first kappa shape index (κ1) is 24.0. The predicted molar refractivity (Wildman–Crippen MR) is 146 cm³/mol. The zero-order chi connectivity index (χ0) is 24.7. The number of carbonyl (C=O) groups is 1. The highest BCUT2D eigenvalue weighted by Crippen LogP contribution is 2.35. The van der Waals surface area contributed by atoms with E-state index in [0.29, 0.717) is 31.3 Å². The molecule has 2 aliphatic rings. The molecule has 4 heterocycles. The highest BCUT2D eigenvalue weighted by atomic mass is 35.5. The van der Waals surface area contributed by atoms with E-state index in [-0.39, 0.29) is 18.0 Å². The molecule has 0 aliphatic carbocycles. The Morgan fingerprint density at radius 1 is 1.11 bits per heavy atom. The molecule has 2 aliphatic heterocycles. The lowest BCUT2D eigenvalue weighted by atomic mass is 10.2. The minimum absolute atomic E-state index is 0.205. The first-order valence-corrected chi connectivity index (χ1v) is 12.9. The second-order valence-corrected chi connectivity index (χ2v) is 10.8. The van der Waals surface area contributed by atoms with E-state index >= 15 is 0 Å². The summed E-state index contributed by atoms with van der Waals surface area (Å²) in [5.74, 6) is 0.362. The normalized spacial score (nSPS) is 18.3. The number of rotatable bonds is 4. The molecule has 2 fully saturated rings. The number of carbonyl (C=O) groups excluding carboxylic acids is 1. The average Bonchev–Trinajstić information content (AvgIpc) is 3.10. The fraction of sp³-hybridized carbons (Fsp3) is 0.280. The molecular weight excluding hydrogens is 502 g/mol. The number of aromatic nitrogens is 2. The molecule has 3 aromatic rings. The van der Waals surface area contributed by atoms with E-state index in [1.165, 1.54) is 16.7 Å². The molecule has 35 heavy (non-hydrogen) atoms. The Morgan fingerprint density at radius 3 is 2.60 bits per heavy atom. The van der Waals surface area contributed by atoms with Crippen LogP contribution in [-0.4, -0.2) is 62.6 Å². The number of nitrogens with zero attached hydrogens (tertiary/aromatic N) is 5. The van der Waals surface area contributed by atoms with Crippen LogP contribution >= 0.6 is 35.6 Å². The van der Waals surface area contributed by atoms with Crippen LogP contribution in [0.4, 0.5) is 5.82 Å². The maximum Gasteiger partial charge on any atom is 0.267 e. The first-order valence-electron chi connectivity index (χ1n) is 11.3. The third-order valence-electron chi connectivity index (χ3n) is 6.22. The zero-order valence-corrected chi connectivity index (χ0v) is 21.8. The quantitative estimate of drug-likeness (QED) is 0.379. The molecule has 0 spiro atoms. The molecule has 1 aromatic carbocycles. The molecule has 0 N–H and O–H groups in total. The van der Waals surface area contributed by atoms with Crippen LogP contribution in [0.1, 0.15) is 16.7 Å². The summed E-state index contributed by atoms with van der Waals surface area (Å²) in [7, 11) is 2.08. The summed E-state index contributed by atoms with van der Waals surface area (Å²) in [5, 5.41) is 0.579. The predicted octanol–water partition coefficient (Wildman–Crippen LogP) is 3.81. The monoisotopic (exact) mass is 525 g/mol. The van der Waals surface area contributed by atoms with Crippen molar-refractivity contribution in [2.24, 2.45) is 0 Å². The topological polar surface area (TPSA) is 61.2 Å². The molecule has 2 aromatic heterocycles. The highest BCUT2D eigenvalue weighted by Gasteiger charge is 2.33. The Kier molecular flexibility index (Phi) is 6.67. The van der Waals surface area contributed by atoms with Gasteiger partial charge in [-0.2, -0.15) is 0 Å². The largest absolute Gasteiger partial charge is 0.353 e. The van der Waals surface area contributed by atoms with Gasteiger partial charge in [-0.1, -0.05) is 59.8 Å².